The molecule has 100 valence electrons. The summed E-state index contributed by atoms with van der Waals surface area (Å²) < 4.78 is 28.1. The Morgan fingerprint density at radius 3 is 2.35 bits per heavy atom. The van der Waals surface area contributed by atoms with Crippen molar-refractivity contribution in [2.45, 2.75) is 52.1 Å². The van der Waals surface area contributed by atoms with Crippen molar-refractivity contribution < 1.29 is 17.9 Å². The monoisotopic (exact) mass is 262 g/mol. The summed E-state index contributed by atoms with van der Waals surface area (Å²) in [4.78, 5) is 10.8. The molecule has 1 saturated heterocycles. The van der Waals surface area contributed by atoms with Gasteiger partial charge in [-0.05, 0) is 32.6 Å². The highest BCUT2D eigenvalue weighted by molar-refractivity contribution is 7.91. The van der Waals surface area contributed by atoms with Gasteiger partial charge in [-0.2, -0.15) is 0 Å². The first-order chi connectivity index (χ1) is 7.96. The lowest BCUT2D eigenvalue weighted by Gasteiger charge is -2.32. The topological polar surface area (TPSA) is 60.4 Å². The van der Waals surface area contributed by atoms with Gasteiger partial charge < -0.3 is 4.74 Å². The maximum absolute atomic E-state index is 11.5. The van der Waals surface area contributed by atoms with Crippen LogP contribution in [0, 0.1) is 5.92 Å². The van der Waals surface area contributed by atoms with Crippen LogP contribution < -0.4 is 0 Å². The van der Waals surface area contributed by atoms with Gasteiger partial charge >= 0.3 is 5.97 Å². The second-order valence-corrected chi connectivity index (χ2v) is 7.07. The summed E-state index contributed by atoms with van der Waals surface area (Å²) in [7, 11) is -2.86. The fourth-order valence-corrected chi connectivity index (χ4v) is 3.46. The maximum atomic E-state index is 11.5. The van der Waals surface area contributed by atoms with Gasteiger partial charge in [-0.25, -0.2) is 8.42 Å². The van der Waals surface area contributed by atoms with Crippen LogP contribution in [0.4, 0.5) is 0 Å². The van der Waals surface area contributed by atoms with E-state index in [-0.39, 0.29) is 23.7 Å². The summed E-state index contributed by atoms with van der Waals surface area (Å²) >= 11 is 0. The van der Waals surface area contributed by atoms with E-state index in [1.54, 1.807) is 0 Å². The molecule has 0 N–H and O–H groups in total. The first kappa shape index (κ1) is 14.5. The third-order valence-corrected chi connectivity index (χ3v) is 5.02. The molecule has 0 amide bonds. The van der Waals surface area contributed by atoms with Gasteiger partial charge in [-0.15, -0.1) is 0 Å². The van der Waals surface area contributed by atoms with Crippen LogP contribution in [0.3, 0.4) is 0 Å². The van der Waals surface area contributed by atoms with Crippen molar-refractivity contribution in [3.63, 3.8) is 0 Å². The lowest BCUT2D eigenvalue weighted by molar-refractivity contribution is -0.183. The van der Waals surface area contributed by atoms with E-state index >= 15 is 0 Å². The van der Waals surface area contributed by atoms with Gasteiger partial charge in [-0.3, -0.25) is 4.79 Å². The predicted octanol–water partition coefficient (Wildman–Crippen LogP) is 1.93. The normalized spacial score (nSPS) is 24.2. The minimum absolute atomic E-state index is 0.00769. The van der Waals surface area contributed by atoms with Gasteiger partial charge in [0.05, 0.1) is 17.4 Å². The van der Waals surface area contributed by atoms with Crippen molar-refractivity contribution in [3.8, 4) is 0 Å². The summed E-state index contributed by atoms with van der Waals surface area (Å²) in [6.07, 6.45) is 3.95. The summed E-state index contributed by atoms with van der Waals surface area (Å²) in [6, 6.07) is 0. The highest BCUT2D eigenvalue weighted by atomic mass is 32.2. The average molecular weight is 262 g/mol. The predicted molar refractivity (Wildman–Crippen MR) is 66.5 cm³/mol. The molecule has 5 heteroatoms. The Labute approximate surface area is 104 Å². The van der Waals surface area contributed by atoms with Crippen molar-refractivity contribution in [1.29, 1.82) is 0 Å². The number of carbonyl (C=O) groups excluding carboxylic acids is 1. The average Bonchev–Trinajstić information content (AvgIpc) is 2.30. The zero-order chi connectivity index (χ0) is 12.9. The second-order valence-electron chi connectivity index (χ2n) is 4.77. The van der Waals surface area contributed by atoms with E-state index in [0.29, 0.717) is 12.2 Å². The maximum Gasteiger partial charge on any atom is 0.312 e. The first-order valence-electron chi connectivity index (χ1n) is 6.37. The number of hydrogen-bond donors (Lipinski definition) is 0. The van der Waals surface area contributed by atoms with Crippen LogP contribution in [-0.4, -0.2) is 32.0 Å². The Balaban J connectivity index is 2.10. The molecule has 0 bridgehead atoms. The van der Waals surface area contributed by atoms with E-state index in [4.69, 9.17) is 4.74 Å². The minimum Gasteiger partial charge on any atom is -0.461 e. The molecule has 17 heavy (non-hydrogen) atoms. The van der Waals surface area contributed by atoms with Crippen molar-refractivity contribution in [2.24, 2.45) is 5.92 Å². The second kappa shape index (κ2) is 6.38. The number of rotatable bonds is 8. The molecule has 2 unspecified atom stereocenters. The number of carbonyl (C=O) groups is 1. The minimum atomic E-state index is -2.86. The van der Waals surface area contributed by atoms with Crippen molar-refractivity contribution >= 4 is 15.8 Å². The lowest BCUT2D eigenvalue weighted by Crippen LogP contribution is -2.43. The van der Waals surface area contributed by atoms with Crippen molar-refractivity contribution in [2.75, 3.05) is 11.5 Å². The first-order valence-corrected chi connectivity index (χ1v) is 8.19. The van der Waals surface area contributed by atoms with Gasteiger partial charge in [0.25, 0.3) is 0 Å². The van der Waals surface area contributed by atoms with E-state index in [0.717, 1.165) is 25.7 Å². The summed E-state index contributed by atoms with van der Waals surface area (Å²) in [6.45, 7) is 3.84. The Morgan fingerprint density at radius 1 is 1.18 bits per heavy atom. The molecular formula is C12H22O4S. The van der Waals surface area contributed by atoms with Crippen LogP contribution in [0.1, 0.15) is 46.0 Å². The van der Waals surface area contributed by atoms with E-state index in [1.165, 1.54) is 0 Å². The molecule has 1 heterocycles. The Bertz CT molecular complexity index is 348. The van der Waals surface area contributed by atoms with E-state index < -0.39 is 9.84 Å². The number of cyclic esters (lactones) is 1. The molecule has 1 fully saturated rings. The quantitative estimate of drug-likeness (QED) is 0.495. The molecule has 0 spiro atoms. The SMILES string of the molecule is CCCCS(=O)(=O)CCCCC1OC(=O)C1C. The smallest absolute Gasteiger partial charge is 0.312 e. The zero-order valence-electron chi connectivity index (χ0n) is 10.6. The molecule has 2 atom stereocenters. The fourth-order valence-electron chi connectivity index (χ4n) is 1.88. The molecule has 0 radical (unpaired) electrons. The summed E-state index contributed by atoms with van der Waals surface area (Å²) in [5.41, 5.74) is 0. The van der Waals surface area contributed by atoms with Crippen molar-refractivity contribution in [1.82, 2.24) is 0 Å². The largest absolute Gasteiger partial charge is 0.461 e. The Morgan fingerprint density at radius 2 is 1.82 bits per heavy atom. The van der Waals surface area contributed by atoms with Gasteiger partial charge in [-0.1, -0.05) is 13.3 Å². The Hall–Kier alpha value is -0.580. The van der Waals surface area contributed by atoms with Crippen LogP contribution in [0.5, 0.6) is 0 Å². The molecule has 0 aliphatic carbocycles. The molecule has 0 aromatic rings. The highest BCUT2D eigenvalue weighted by Gasteiger charge is 2.37. The molecule has 0 saturated carbocycles. The third kappa shape index (κ3) is 4.66. The van der Waals surface area contributed by atoms with E-state index in [9.17, 15) is 13.2 Å². The summed E-state index contributed by atoms with van der Waals surface area (Å²) in [5, 5.41) is 0. The molecule has 1 aliphatic heterocycles. The number of ether oxygens (including phenoxy) is 1. The molecule has 0 aromatic heterocycles. The number of sulfone groups is 1. The van der Waals surface area contributed by atoms with Gasteiger partial charge in [0.1, 0.15) is 15.9 Å². The Kier molecular flexibility index (Phi) is 5.43. The number of hydrogen-bond acceptors (Lipinski definition) is 4. The van der Waals surface area contributed by atoms with Crippen LogP contribution in [0.2, 0.25) is 0 Å². The lowest BCUT2D eigenvalue weighted by atomic mass is 9.95. The molecule has 4 nitrogen and oxygen atoms in total. The molecule has 1 rings (SSSR count). The van der Waals surface area contributed by atoms with Gasteiger partial charge in [0, 0.05) is 0 Å². The molecule has 0 aromatic carbocycles. The van der Waals surface area contributed by atoms with Crippen LogP contribution in [0.15, 0.2) is 0 Å². The standard InChI is InChI=1S/C12H22O4S/c1-3-4-8-17(14,15)9-6-5-7-11-10(2)12(13)16-11/h10-11H,3-9H2,1-2H3. The third-order valence-electron chi connectivity index (χ3n) is 3.20. The van der Waals surface area contributed by atoms with Crippen molar-refractivity contribution in [3.05, 3.63) is 0 Å². The zero-order valence-corrected chi connectivity index (χ0v) is 11.5. The van der Waals surface area contributed by atoms with Crippen LogP contribution >= 0.6 is 0 Å². The fraction of sp³-hybridized carbons (Fsp3) is 0.917. The highest BCUT2D eigenvalue weighted by Crippen LogP contribution is 2.25. The van der Waals surface area contributed by atoms with E-state index in [1.807, 2.05) is 13.8 Å². The molecular weight excluding hydrogens is 240 g/mol. The van der Waals surface area contributed by atoms with Gasteiger partial charge in [0.2, 0.25) is 0 Å². The van der Waals surface area contributed by atoms with Crippen LogP contribution in [-0.2, 0) is 19.4 Å². The molecule has 1 aliphatic rings. The van der Waals surface area contributed by atoms with Gasteiger partial charge in [0.15, 0.2) is 0 Å². The number of unbranched alkanes of at least 4 members (excludes halogenated alkanes) is 2. The van der Waals surface area contributed by atoms with E-state index in [2.05, 4.69) is 0 Å². The summed E-state index contributed by atoms with van der Waals surface area (Å²) in [5.74, 6) is 0.428. The van der Waals surface area contributed by atoms with Crippen LogP contribution in [0.25, 0.3) is 0 Å². The number of esters is 1.